The number of carbonyl (C=O) groups excluding carboxylic acids is 3. The van der Waals surface area contributed by atoms with Gasteiger partial charge in [-0.2, -0.15) is 0 Å². The number of aliphatic hydroxyl groups excluding tert-OH is 2. The summed E-state index contributed by atoms with van der Waals surface area (Å²) in [6, 6.07) is 0. The smallest absolute Gasteiger partial charge is 0.335 e. The van der Waals surface area contributed by atoms with Crippen LogP contribution in [0.3, 0.4) is 0 Å². The Balaban J connectivity index is 2.69. The zero-order valence-electron chi connectivity index (χ0n) is 45.5. The van der Waals surface area contributed by atoms with E-state index in [1.807, 2.05) is 0 Å². The third kappa shape index (κ3) is 38.4. The zero-order chi connectivity index (χ0) is 51.8. The van der Waals surface area contributed by atoms with Crippen molar-refractivity contribution in [3.05, 3.63) is 24.3 Å². The van der Waals surface area contributed by atoms with Crippen LogP contribution in [0, 0.1) is 0 Å². The average Bonchev–Trinajstić information content (AvgIpc) is 3.35. The number of carboxylic acids is 1. The summed E-state index contributed by atoms with van der Waals surface area (Å²) in [5.74, 6) is -3.11. The fourth-order valence-electron chi connectivity index (χ4n) is 8.93. The van der Waals surface area contributed by atoms with Crippen LogP contribution in [-0.4, -0.2) is 89.2 Å². The Morgan fingerprint density at radius 1 is 0.451 bits per heavy atom. The van der Waals surface area contributed by atoms with Gasteiger partial charge in [-0.3, -0.25) is 14.4 Å². The summed E-state index contributed by atoms with van der Waals surface area (Å²) in [5.41, 5.74) is 0. The fourth-order valence-corrected chi connectivity index (χ4v) is 8.93. The number of unbranched alkanes of at least 4 members (excludes halogenated alkanes) is 32. The van der Waals surface area contributed by atoms with Crippen LogP contribution >= 0.6 is 0 Å². The van der Waals surface area contributed by atoms with Crippen LogP contribution in [0.4, 0.5) is 0 Å². The molecule has 1 rings (SSSR count). The summed E-state index contributed by atoms with van der Waals surface area (Å²) >= 11 is 0. The van der Waals surface area contributed by atoms with Crippen molar-refractivity contribution < 1.29 is 58.2 Å². The minimum absolute atomic E-state index is 0.0531. The number of aliphatic hydroxyl groups is 2. The first-order valence-corrected chi connectivity index (χ1v) is 29.3. The van der Waals surface area contributed by atoms with Gasteiger partial charge in [0.05, 0.1) is 6.61 Å². The van der Waals surface area contributed by atoms with Crippen molar-refractivity contribution >= 4 is 23.9 Å². The summed E-state index contributed by atoms with van der Waals surface area (Å²) in [7, 11) is 0. The minimum Gasteiger partial charge on any atom is -0.479 e. The van der Waals surface area contributed by atoms with Crippen molar-refractivity contribution in [2.75, 3.05) is 13.2 Å². The molecule has 0 bridgehead atoms. The van der Waals surface area contributed by atoms with Crippen LogP contribution < -0.4 is 0 Å². The maximum absolute atomic E-state index is 13.1. The quantitative estimate of drug-likeness (QED) is 0.0228. The lowest BCUT2D eigenvalue weighted by atomic mass is 9.98. The van der Waals surface area contributed by atoms with E-state index in [4.69, 9.17) is 23.7 Å². The third-order valence-corrected chi connectivity index (χ3v) is 13.5. The molecule has 0 aromatic heterocycles. The number of esters is 3. The molecule has 1 aliphatic rings. The molecule has 6 atom stereocenters. The molecule has 0 saturated carbocycles. The molecular formula is C59H106O12. The lowest BCUT2D eigenvalue weighted by molar-refractivity contribution is -0.301. The third-order valence-electron chi connectivity index (χ3n) is 13.5. The largest absolute Gasteiger partial charge is 0.479 e. The summed E-state index contributed by atoms with van der Waals surface area (Å²) < 4.78 is 28.4. The van der Waals surface area contributed by atoms with Gasteiger partial charge in [0.2, 0.25) is 0 Å². The first-order chi connectivity index (χ1) is 34.6. The maximum atomic E-state index is 13.1. The van der Waals surface area contributed by atoms with E-state index in [0.29, 0.717) is 19.3 Å². The highest BCUT2D eigenvalue weighted by molar-refractivity contribution is 5.74. The molecule has 0 amide bonds. The van der Waals surface area contributed by atoms with E-state index in [1.54, 1.807) is 0 Å². The Kier molecular flexibility index (Phi) is 44.9. The molecule has 71 heavy (non-hydrogen) atoms. The second-order valence-electron chi connectivity index (χ2n) is 20.3. The minimum atomic E-state index is -1.90. The van der Waals surface area contributed by atoms with Crippen LogP contribution in [0.15, 0.2) is 24.3 Å². The topological polar surface area (TPSA) is 175 Å². The molecule has 0 spiro atoms. The van der Waals surface area contributed by atoms with E-state index >= 15 is 0 Å². The second-order valence-corrected chi connectivity index (χ2v) is 20.3. The zero-order valence-corrected chi connectivity index (χ0v) is 45.5. The van der Waals surface area contributed by atoms with Crippen LogP contribution in [-0.2, 0) is 42.9 Å². The number of hydrogen-bond donors (Lipinski definition) is 3. The van der Waals surface area contributed by atoms with Crippen molar-refractivity contribution in [2.45, 2.75) is 314 Å². The molecule has 1 heterocycles. The highest BCUT2D eigenvalue weighted by Crippen LogP contribution is 2.26. The first-order valence-electron chi connectivity index (χ1n) is 29.3. The lowest BCUT2D eigenvalue weighted by Gasteiger charge is -2.40. The SMILES string of the molecule is CCCC/C=C\CCCCCCCC(=O)OC1C(OCC(COC(=O)CCCCCCC/C=C\CCCCCCCC)OC(=O)CCCCCCCCCCCCCCCCC)OC(C(=O)O)C(O)C1O. The Hall–Kier alpha value is -2.80. The summed E-state index contributed by atoms with van der Waals surface area (Å²) in [5, 5.41) is 31.4. The van der Waals surface area contributed by atoms with Gasteiger partial charge in [-0.25, -0.2) is 4.79 Å². The molecule has 1 aliphatic heterocycles. The van der Waals surface area contributed by atoms with Gasteiger partial charge in [-0.05, 0) is 64.2 Å². The van der Waals surface area contributed by atoms with E-state index in [1.165, 1.54) is 122 Å². The molecule has 414 valence electrons. The normalized spacial score (nSPS) is 18.6. The summed E-state index contributed by atoms with van der Waals surface area (Å²) in [6.07, 6.45) is 41.5. The molecule has 6 unspecified atom stereocenters. The van der Waals surface area contributed by atoms with Crippen LogP contribution in [0.1, 0.15) is 278 Å². The second kappa shape index (κ2) is 48.2. The van der Waals surface area contributed by atoms with Crippen molar-refractivity contribution in [3.63, 3.8) is 0 Å². The molecule has 3 N–H and O–H groups in total. The van der Waals surface area contributed by atoms with Gasteiger partial charge in [-0.15, -0.1) is 0 Å². The van der Waals surface area contributed by atoms with Gasteiger partial charge in [0.25, 0.3) is 0 Å². The Morgan fingerprint density at radius 2 is 0.817 bits per heavy atom. The van der Waals surface area contributed by atoms with Crippen molar-refractivity contribution in [2.24, 2.45) is 0 Å². The van der Waals surface area contributed by atoms with E-state index in [2.05, 4.69) is 45.1 Å². The van der Waals surface area contributed by atoms with Crippen LogP contribution in [0.2, 0.25) is 0 Å². The van der Waals surface area contributed by atoms with Gasteiger partial charge in [0.15, 0.2) is 24.6 Å². The fraction of sp³-hybridized carbons (Fsp3) is 0.864. The number of allylic oxidation sites excluding steroid dienone is 4. The van der Waals surface area contributed by atoms with E-state index < -0.39 is 67.3 Å². The predicted octanol–water partition coefficient (Wildman–Crippen LogP) is 14.7. The molecule has 0 aromatic rings. The Morgan fingerprint density at radius 3 is 1.24 bits per heavy atom. The number of carbonyl (C=O) groups is 4. The van der Waals surface area contributed by atoms with Gasteiger partial charge in [0.1, 0.15) is 18.8 Å². The first kappa shape index (κ1) is 66.2. The highest BCUT2D eigenvalue weighted by atomic mass is 16.7. The van der Waals surface area contributed by atoms with Crippen molar-refractivity contribution in [1.82, 2.24) is 0 Å². The van der Waals surface area contributed by atoms with Crippen molar-refractivity contribution in [3.8, 4) is 0 Å². The van der Waals surface area contributed by atoms with Gasteiger partial charge in [-0.1, -0.05) is 218 Å². The summed E-state index contributed by atoms with van der Waals surface area (Å²) in [4.78, 5) is 51.0. The number of hydrogen-bond acceptors (Lipinski definition) is 11. The monoisotopic (exact) mass is 1010 g/mol. The van der Waals surface area contributed by atoms with Gasteiger partial charge in [0, 0.05) is 19.3 Å². The standard InChI is InChI=1S/C59H106O12/c1-4-7-10-13-16-19-22-24-26-28-31-33-36-39-42-45-51(60)67-48-50(69-52(61)46-43-40-37-35-32-29-27-25-23-20-17-14-11-8-5-2)49-68-59-57(55(64)54(63)56(71-59)58(65)66)70-53(62)47-44-41-38-34-30-21-18-15-12-9-6-3/h15,18,24,26,50,54-57,59,63-64H,4-14,16-17,19-23,25,27-49H2,1-3H3,(H,65,66)/b18-15-,26-24-. The number of aliphatic carboxylic acids is 1. The van der Waals surface area contributed by atoms with E-state index in [0.717, 1.165) is 96.3 Å². The Labute approximate surface area is 432 Å². The maximum Gasteiger partial charge on any atom is 0.335 e. The number of carboxylic acid groups (broad SMARTS) is 1. The molecule has 0 radical (unpaired) electrons. The van der Waals surface area contributed by atoms with E-state index in [9.17, 15) is 34.5 Å². The highest BCUT2D eigenvalue weighted by Gasteiger charge is 2.50. The molecule has 1 saturated heterocycles. The predicted molar refractivity (Wildman–Crippen MR) is 285 cm³/mol. The summed E-state index contributed by atoms with van der Waals surface area (Å²) in [6.45, 7) is 5.95. The molecule has 12 nitrogen and oxygen atoms in total. The van der Waals surface area contributed by atoms with Gasteiger partial charge >= 0.3 is 23.9 Å². The molecule has 0 aromatic carbocycles. The molecular weight excluding hydrogens is 901 g/mol. The molecule has 12 heteroatoms. The lowest BCUT2D eigenvalue weighted by Crippen LogP contribution is -2.61. The number of ether oxygens (including phenoxy) is 5. The van der Waals surface area contributed by atoms with Crippen molar-refractivity contribution in [1.29, 1.82) is 0 Å². The van der Waals surface area contributed by atoms with Gasteiger partial charge < -0.3 is 39.0 Å². The molecule has 1 fully saturated rings. The Bertz CT molecular complexity index is 1340. The van der Waals surface area contributed by atoms with Crippen LogP contribution in [0.25, 0.3) is 0 Å². The van der Waals surface area contributed by atoms with Crippen LogP contribution in [0.5, 0.6) is 0 Å². The molecule has 0 aliphatic carbocycles. The average molecular weight is 1010 g/mol. The number of rotatable bonds is 50. The van der Waals surface area contributed by atoms with E-state index in [-0.39, 0.29) is 25.9 Å².